The highest BCUT2D eigenvalue weighted by Crippen LogP contribution is 2.21. The fourth-order valence-corrected chi connectivity index (χ4v) is 1.37. The highest BCUT2D eigenvalue weighted by Gasteiger charge is 1.98. The minimum Gasteiger partial charge on any atom is -0.494 e. The number of benzene rings is 1. The highest BCUT2D eigenvalue weighted by molar-refractivity contribution is 5.78. The largest absolute Gasteiger partial charge is 0.494 e. The first-order chi connectivity index (χ1) is 6.90. The maximum Gasteiger partial charge on any atom is 0.134 e. The predicted octanol–water partition coefficient (Wildman–Crippen LogP) is 3.61. The normalized spacial score (nSPS) is 10.6. The standard InChI is InChI=1S/C12H14O2/c1-2-3-7-13-11-4-5-12-10(9-11)6-8-14-12/h4-6,8-9H,2-3,7H2,1H3. The second kappa shape index (κ2) is 4.18. The van der Waals surface area contributed by atoms with E-state index in [1.165, 1.54) is 0 Å². The van der Waals surface area contributed by atoms with Crippen molar-refractivity contribution in [1.29, 1.82) is 0 Å². The van der Waals surface area contributed by atoms with Crippen molar-refractivity contribution in [3.8, 4) is 5.75 Å². The molecular formula is C12H14O2. The number of hydrogen-bond donors (Lipinski definition) is 0. The first-order valence-corrected chi connectivity index (χ1v) is 5.00. The summed E-state index contributed by atoms with van der Waals surface area (Å²) >= 11 is 0. The lowest BCUT2D eigenvalue weighted by Crippen LogP contribution is -1.95. The van der Waals surface area contributed by atoms with E-state index in [1.54, 1.807) is 6.26 Å². The molecule has 2 rings (SSSR count). The van der Waals surface area contributed by atoms with Crippen molar-refractivity contribution in [2.24, 2.45) is 0 Å². The molecule has 0 aliphatic heterocycles. The van der Waals surface area contributed by atoms with Crippen LogP contribution in [0, 0.1) is 0 Å². The van der Waals surface area contributed by atoms with E-state index in [-0.39, 0.29) is 0 Å². The molecule has 1 heterocycles. The Morgan fingerprint density at radius 3 is 3.07 bits per heavy atom. The summed E-state index contributed by atoms with van der Waals surface area (Å²) in [5, 5.41) is 1.10. The SMILES string of the molecule is CCCCOc1ccc2occc2c1. The van der Waals surface area contributed by atoms with Gasteiger partial charge in [-0.15, -0.1) is 0 Å². The van der Waals surface area contributed by atoms with Gasteiger partial charge in [-0.2, -0.15) is 0 Å². The van der Waals surface area contributed by atoms with Gasteiger partial charge >= 0.3 is 0 Å². The van der Waals surface area contributed by atoms with E-state index in [0.717, 1.165) is 36.2 Å². The average molecular weight is 190 g/mol. The number of fused-ring (bicyclic) bond motifs is 1. The summed E-state index contributed by atoms with van der Waals surface area (Å²) in [6.45, 7) is 2.95. The first kappa shape index (κ1) is 9.13. The Morgan fingerprint density at radius 1 is 1.29 bits per heavy atom. The van der Waals surface area contributed by atoms with Crippen LogP contribution in [0.15, 0.2) is 34.9 Å². The molecule has 14 heavy (non-hydrogen) atoms. The van der Waals surface area contributed by atoms with Crippen LogP contribution in [0.4, 0.5) is 0 Å². The quantitative estimate of drug-likeness (QED) is 0.687. The number of hydrogen-bond acceptors (Lipinski definition) is 2. The van der Waals surface area contributed by atoms with Crippen LogP contribution in [-0.2, 0) is 0 Å². The van der Waals surface area contributed by atoms with Gasteiger partial charge in [0.2, 0.25) is 0 Å². The molecule has 0 unspecified atom stereocenters. The van der Waals surface area contributed by atoms with E-state index in [1.807, 2.05) is 24.3 Å². The summed E-state index contributed by atoms with van der Waals surface area (Å²) in [5.41, 5.74) is 0.910. The minimum absolute atomic E-state index is 0.792. The van der Waals surface area contributed by atoms with Gasteiger partial charge in [-0.3, -0.25) is 0 Å². The van der Waals surface area contributed by atoms with Crippen molar-refractivity contribution in [1.82, 2.24) is 0 Å². The molecule has 0 radical (unpaired) electrons. The lowest BCUT2D eigenvalue weighted by Gasteiger charge is -2.04. The molecule has 0 amide bonds. The Balaban J connectivity index is 2.10. The molecule has 0 atom stereocenters. The maximum atomic E-state index is 5.58. The summed E-state index contributed by atoms with van der Waals surface area (Å²) in [6, 6.07) is 7.84. The van der Waals surface area contributed by atoms with Gasteiger partial charge in [0, 0.05) is 5.39 Å². The van der Waals surface area contributed by atoms with Gasteiger partial charge in [-0.1, -0.05) is 13.3 Å². The summed E-state index contributed by atoms with van der Waals surface area (Å²) in [4.78, 5) is 0. The van der Waals surface area contributed by atoms with E-state index in [2.05, 4.69) is 6.92 Å². The van der Waals surface area contributed by atoms with Crippen LogP contribution in [0.2, 0.25) is 0 Å². The fourth-order valence-electron chi connectivity index (χ4n) is 1.37. The Hall–Kier alpha value is -1.44. The van der Waals surface area contributed by atoms with E-state index in [4.69, 9.17) is 9.15 Å². The zero-order valence-corrected chi connectivity index (χ0v) is 8.32. The third-order valence-electron chi connectivity index (χ3n) is 2.19. The zero-order valence-electron chi connectivity index (χ0n) is 8.32. The van der Waals surface area contributed by atoms with E-state index in [9.17, 15) is 0 Å². The van der Waals surface area contributed by atoms with Crippen molar-refractivity contribution < 1.29 is 9.15 Å². The molecule has 0 spiro atoms. The van der Waals surface area contributed by atoms with Crippen molar-refractivity contribution in [3.05, 3.63) is 30.5 Å². The third kappa shape index (κ3) is 1.90. The van der Waals surface area contributed by atoms with E-state index >= 15 is 0 Å². The number of unbranched alkanes of at least 4 members (excludes halogenated alkanes) is 1. The lowest BCUT2D eigenvalue weighted by molar-refractivity contribution is 0.310. The van der Waals surface area contributed by atoms with Crippen molar-refractivity contribution >= 4 is 11.0 Å². The molecule has 2 aromatic rings. The number of ether oxygens (including phenoxy) is 1. The number of furan rings is 1. The molecule has 0 saturated heterocycles. The molecule has 0 bridgehead atoms. The molecule has 2 heteroatoms. The summed E-state index contributed by atoms with van der Waals surface area (Å²) in [7, 11) is 0. The molecule has 2 nitrogen and oxygen atoms in total. The molecule has 1 aromatic heterocycles. The average Bonchev–Trinajstić information content (AvgIpc) is 2.65. The molecule has 0 saturated carbocycles. The minimum atomic E-state index is 0.792. The molecule has 0 aliphatic rings. The van der Waals surface area contributed by atoms with Crippen molar-refractivity contribution in [3.63, 3.8) is 0 Å². The van der Waals surface area contributed by atoms with Crippen LogP contribution in [0.5, 0.6) is 5.75 Å². The first-order valence-electron chi connectivity index (χ1n) is 5.00. The van der Waals surface area contributed by atoms with Crippen LogP contribution in [-0.4, -0.2) is 6.61 Å². The van der Waals surface area contributed by atoms with E-state index in [0.29, 0.717) is 0 Å². The van der Waals surface area contributed by atoms with Gasteiger partial charge in [0.1, 0.15) is 11.3 Å². The second-order valence-corrected chi connectivity index (χ2v) is 3.32. The Kier molecular flexibility index (Phi) is 2.73. The molecule has 0 N–H and O–H groups in total. The fraction of sp³-hybridized carbons (Fsp3) is 0.333. The Labute approximate surface area is 83.5 Å². The zero-order chi connectivity index (χ0) is 9.80. The monoisotopic (exact) mass is 190 g/mol. The third-order valence-corrected chi connectivity index (χ3v) is 2.19. The predicted molar refractivity (Wildman–Crippen MR) is 56.6 cm³/mol. The maximum absolute atomic E-state index is 5.58. The summed E-state index contributed by atoms with van der Waals surface area (Å²) in [5.74, 6) is 0.923. The van der Waals surface area contributed by atoms with Gasteiger partial charge < -0.3 is 9.15 Å². The van der Waals surface area contributed by atoms with E-state index < -0.39 is 0 Å². The van der Waals surface area contributed by atoms with Crippen molar-refractivity contribution in [2.45, 2.75) is 19.8 Å². The van der Waals surface area contributed by atoms with Crippen LogP contribution in [0.3, 0.4) is 0 Å². The topological polar surface area (TPSA) is 22.4 Å². The number of rotatable bonds is 4. The van der Waals surface area contributed by atoms with Gasteiger partial charge in [0.15, 0.2) is 0 Å². The van der Waals surface area contributed by atoms with Crippen LogP contribution < -0.4 is 4.74 Å². The molecule has 74 valence electrons. The van der Waals surface area contributed by atoms with Gasteiger partial charge in [0.05, 0.1) is 12.9 Å². The van der Waals surface area contributed by atoms with Crippen LogP contribution in [0.1, 0.15) is 19.8 Å². The van der Waals surface area contributed by atoms with Gasteiger partial charge in [-0.05, 0) is 30.7 Å². The van der Waals surface area contributed by atoms with Gasteiger partial charge in [0.25, 0.3) is 0 Å². The Bertz CT molecular complexity index is 403. The molecule has 0 fully saturated rings. The van der Waals surface area contributed by atoms with Crippen LogP contribution >= 0.6 is 0 Å². The van der Waals surface area contributed by atoms with Crippen LogP contribution in [0.25, 0.3) is 11.0 Å². The smallest absolute Gasteiger partial charge is 0.134 e. The molecule has 0 aliphatic carbocycles. The Morgan fingerprint density at radius 2 is 2.21 bits per heavy atom. The highest BCUT2D eigenvalue weighted by atomic mass is 16.5. The summed E-state index contributed by atoms with van der Waals surface area (Å²) < 4.78 is 10.8. The lowest BCUT2D eigenvalue weighted by atomic mass is 10.2. The molecular weight excluding hydrogens is 176 g/mol. The second-order valence-electron chi connectivity index (χ2n) is 3.32. The summed E-state index contributed by atoms with van der Waals surface area (Å²) in [6.07, 6.45) is 3.96. The van der Waals surface area contributed by atoms with Gasteiger partial charge in [-0.25, -0.2) is 0 Å². The van der Waals surface area contributed by atoms with Crippen molar-refractivity contribution in [2.75, 3.05) is 6.61 Å². The molecule has 1 aromatic carbocycles.